The Labute approximate surface area is 141 Å². The fraction of sp³-hybridized carbons (Fsp3) is 0.125. The predicted molar refractivity (Wildman–Crippen MR) is 88.5 cm³/mol. The predicted octanol–water partition coefficient (Wildman–Crippen LogP) is 3.31. The molecule has 0 aliphatic rings. The molecule has 0 N–H and O–H groups in total. The summed E-state index contributed by atoms with van der Waals surface area (Å²) in [5, 5.41) is 0. The molecule has 5 nitrogen and oxygen atoms in total. The Morgan fingerprint density at radius 3 is 2.27 bits per heavy atom. The van der Waals surface area contributed by atoms with Gasteiger partial charge in [-0.1, -0.05) is 6.07 Å². The van der Waals surface area contributed by atoms with Gasteiger partial charge >= 0.3 is 11.9 Å². The zero-order chi connectivity index (χ0) is 16.1. The van der Waals surface area contributed by atoms with Crippen molar-refractivity contribution >= 4 is 34.5 Å². The Hall–Kier alpha value is -2.09. The molecule has 0 aromatic heterocycles. The highest BCUT2D eigenvalue weighted by Gasteiger charge is 2.15. The summed E-state index contributed by atoms with van der Waals surface area (Å²) in [7, 11) is 2.72. The van der Waals surface area contributed by atoms with Crippen LogP contribution in [0.1, 0.15) is 20.7 Å². The molecule has 0 bridgehead atoms. The topological polar surface area (TPSA) is 61.8 Å². The second-order valence-electron chi connectivity index (χ2n) is 4.26. The lowest BCUT2D eigenvalue weighted by molar-refractivity contribution is 0.0600. The van der Waals surface area contributed by atoms with Gasteiger partial charge in [0.25, 0.3) is 0 Å². The van der Waals surface area contributed by atoms with Crippen LogP contribution in [0.5, 0.6) is 11.5 Å². The minimum absolute atomic E-state index is 0.235. The number of benzene rings is 2. The maximum absolute atomic E-state index is 12.1. The standard InChI is InChI=1S/C16H13IO5/c1-20-14-9-11(15(18)21-2)6-7-13(14)22-16(19)10-4-3-5-12(17)8-10/h3-9H,1-2H3. The Balaban J connectivity index is 2.25. The Morgan fingerprint density at radius 2 is 1.64 bits per heavy atom. The van der Waals surface area contributed by atoms with E-state index < -0.39 is 11.9 Å². The molecule has 0 radical (unpaired) electrons. The third-order valence-corrected chi connectivity index (χ3v) is 3.52. The zero-order valence-corrected chi connectivity index (χ0v) is 14.1. The van der Waals surface area contributed by atoms with Crippen LogP contribution in [0.2, 0.25) is 0 Å². The second kappa shape index (κ2) is 7.26. The van der Waals surface area contributed by atoms with Crippen molar-refractivity contribution < 1.29 is 23.8 Å². The summed E-state index contributed by atoms with van der Waals surface area (Å²) < 4.78 is 16.0. The minimum atomic E-state index is -0.498. The Kier molecular flexibility index (Phi) is 5.37. The average Bonchev–Trinajstić information content (AvgIpc) is 2.54. The van der Waals surface area contributed by atoms with Crippen molar-refractivity contribution in [1.29, 1.82) is 0 Å². The summed E-state index contributed by atoms with van der Waals surface area (Å²) in [6.45, 7) is 0. The first-order chi connectivity index (χ1) is 10.5. The van der Waals surface area contributed by atoms with Crippen LogP contribution >= 0.6 is 22.6 Å². The number of esters is 2. The van der Waals surface area contributed by atoms with Crippen LogP contribution in [0, 0.1) is 3.57 Å². The fourth-order valence-electron chi connectivity index (χ4n) is 1.77. The number of ether oxygens (including phenoxy) is 3. The van der Waals surface area contributed by atoms with Crippen LogP contribution in [-0.4, -0.2) is 26.2 Å². The average molecular weight is 412 g/mol. The number of halogens is 1. The van der Waals surface area contributed by atoms with E-state index >= 15 is 0 Å². The molecule has 0 saturated heterocycles. The maximum Gasteiger partial charge on any atom is 0.343 e. The van der Waals surface area contributed by atoms with Gasteiger partial charge in [0.1, 0.15) is 0 Å². The van der Waals surface area contributed by atoms with E-state index in [2.05, 4.69) is 27.3 Å². The molecular weight excluding hydrogens is 399 g/mol. The Bertz CT molecular complexity index is 711. The quantitative estimate of drug-likeness (QED) is 0.438. The minimum Gasteiger partial charge on any atom is -0.493 e. The number of methoxy groups -OCH3 is 2. The highest BCUT2D eigenvalue weighted by atomic mass is 127. The van der Waals surface area contributed by atoms with E-state index in [0.29, 0.717) is 11.1 Å². The lowest BCUT2D eigenvalue weighted by atomic mass is 10.2. The molecular formula is C16H13IO5. The summed E-state index contributed by atoms with van der Waals surface area (Å²) in [4.78, 5) is 23.6. The van der Waals surface area contributed by atoms with E-state index in [0.717, 1.165) is 3.57 Å². The molecule has 2 rings (SSSR count). The fourth-order valence-corrected chi connectivity index (χ4v) is 2.31. The SMILES string of the molecule is COC(=O)c1ccc(OC(=O)c2cccc(I)c2)c(OC)c1. The first kappa shape index (κ1) is 16.3. The smallest absolute Gasteiger partial charge is 0.343 e. The number of hydrogen-bond donors (Lipinski definition) is 0. The summed E-state index contributed by atoms with van der Waals surface area (Å²) in [5.41, 5.74) is 0.749. The van der Waals surface area contributed by atoms with Crippen molar-refractivity contribution in [2.45, 2.75) is 0 Å². The highest BCUT2D eigenvalue weighted by molar-refractivity contribution is 14.1. The molecule has 0 atom stereocenters. The zero-order valence-electron chi connectivity index (χ0n) is 12.0. The van der Waals surface area contributed by atoms with E-state index in [1.54, 1.807) is 18.2 Å². The van der Waals surface area contributed by atoms with Gasteiger partial charge in [0.2, 0.25) is 0 Å². The van der Waals surface area contributed by atoms with Crippen LogP contribution in [-0.2, 0) is 4.74 Å². The monoisotopic (exact) mass is 412 g/mol. The molecule has 0 aliphatic heterocycles. The molecule has 22 heavy (non-hydrogen) atoms. The number of carbonyl (C=O) groups is 2. The molecule has 0 heterocycles. The van der Waals surface area contributed by atoms with Gasteiger partial charge < -0.3 is 14.2 Å². The van der Waals surface area contributed by atoms with E-state index in [1.165, 1.54) is 32.4 Å². The lowest BCUT2D eigenvalue weighted by Gasteiger charge is -2.10. The summed E-state index contributed by atoms with van der Waals surface area (Å²) in [6.07, 6.45) is 0. The molecule has 2 aromatic carbocycles. The number of hydrogen-bond acceptors (Lipinski definition) is 5. The molecule has 2 aromatic rings. The van der Waals surface area contributed by atoms with E-state index in [-0.39, 0.29) is 11.5 Å². The Morgan fingerprint density at radius 1 is 0.909 bits per heavy atom. The van der Waals surface area contributed by atoms with Crippen LogP contribution in [0.25, 0.3) is 0 Å². The summed E-state index contributed by atoms with van der Waals surface area (Å²) in [6, 6.07) is 11.5. The van der Waals surface area contributed by atoms with Crippen molar-refractivity contribution in [3.8, 4) is 11.5 Å². The number of rotatable bonds is 4. The molecule has 0 spiro atoms. The van der Waals surface area contributed by atoms with Gasteiger partial charge in [0.15, 0.2) is 11.5 Å². The summed E-state index contributed by atoms with van der Waals surface area (Å²) in [5.74, 6) is -0.475. The normalized spacial score (nSPS) is 9.95. The molecule has 114 valence electrons. The van der Waals surface area contributed by atoms with Crippen molar-refractivity contribution in [3.63, 3.8) is 0 Å². The van der Waals surface area contributed by atoms with Gasteiger partial charge in [-0.05, 0) is 59.0 Å². The van der Waals surface area contributed by atoms with Gasteiger partial charge in [-0.3, -0.25) is 0 Å². The summed E-state index contributed by atoms with van der Waals surface area (Å²) >= 11 is 2.12. The van der Waals surface area contributed by atoms with Crippen LogP contribution in [0.15, 0.2) is 42.5 Å². The van der Waals surface area contributed by atoms with Gasteiger partial charge in [0, 0.05) is 3.57 Å². The molecule has 6 heteroatoms. The van der Waals surface area contributed by atoms with Crippen LogP contribution < -0.4 is 9.47 Å². The van der Waals surface area contributed by atoms with Crippen molar-refractivity contribution in [2.75, 3.05) is 14.2 Å². The number of carbonyl (C=O) groups excluding carboxylic acids is 2. The first-order valence-electron chi connectivity index (χ1n) is 6.29. The van der Waals surface area contributed by atoms with Gasteiger partial charge in [-0.15, -0.1) is 0 Å². The first-order valence-corrected chi connectivity index (χ1v) is 7.37. The van der Waals surface area contributed by atoms with Gasteiger partial charge in [-0.2, -0.15) is 0 Å². The highest BCUT2D eigenvalue weighted by Crippen LogP contribution is 2.29. The largest absolute Gasteiger partial charge is 0.493 e. The molecule has 0 amide bonds. The van der Waals surface area contributed by atoms with Crippen molar-refractivity contribution in [1.82, 2.24) is 0 Å². The van der Waals surface area contributed by atoms with E-state index in [1.807, 2.05) is 6.07 Å². The van der Waals surface area contributed by atoms with Gasteiger partial charge in [0.05, 0.1) is 25.3 Å². The van der Waals surface area contributed by atoms with Crippen LogP contribution in [0.3, 0.4) is 0 Å². The van der Waals surface area contributed by atoms with E-state index in [4.69, 9.17) is 9.47 Å². The molecule has 0 saturated carbocycles. The molecule has 0 aliphatic carbocycles. The van der Waals surface area contributed by atoms with Crippen molar-refractivity contribution in [3.05, 3.63) is 57.2 Å². The molecule has 0 fully saturated rings. The molecule has 0 unspecified atom stereocenters. The third-order valence-electron chi connectivity index (χ3n) is 2.85. The van der Waals surface area contributed by atoms with E-state index in [9.17, 15) is 9.59 Å². The van der Waals surface area contributed by atoms with Crippen LogP contribution in [0.4, 0.5) is 0 Å². The maximum atomic E-state index is 12.1. The van der Waals surface area contributed by atoms with Gasteiger partial charge in [-0.25, -0.2) is 9.59 Å². The van der Waals surface area contributed by atoms with Crippen molar-refractivity contribution in [2.24, 2.45) is 0 Å². The third kappa shape index (κ3) is 3.76. The lowest BCUT2D eigenvalue weighted by Crippen LogP contribution is -2.10. The second-order valence-corrected chi connectivity index (χ2v) is 5.50.